The van der Waals surface area contributed by atoms with Crippen LogP contribution in [0.15, 0.2) is 68.8 Å². The molecule has 0 radical (unpaired) electrons. The summed E-state index contributed by atoms with van der Waals surface area (Å²) in [6.07, 6.45) is 1.95. The van der Waals surface area contributed by atoms with Crippen LogP contribution in [-0.4, -0.2) is 26.1 Å². The van der Waals surface area contributed by atoms with Crippen molar-refractivity contribution in [3.05, 3.63) is 91.4 Å². The predicted molar refractivity (Wildman–Crippen MR) is 112 cm³/mol. The minimum atomic E-state index is -0.589. The summed E-state index contributed by atoms with van der Waals surface area (Å²) in [5.74, 6) is -0.0190. The van der Waals surface area contributed by atoms with Gasteiger partial charge in [0.1, 0.15) is 11.2 Å². The van der Waals surface area contributed by atoms with E-state index >= 15 is 0 Å². The predicted octanol–water partition coefficient (Wildman–Crippen LogP) is 3.03. The summed E-state index contributed by atoms with van der Waals surface area (Å²) in [5, 5.41) is 3.21. The Labute approximate surface area is 172 Å². The lowest BCUT2D eigenvalue weighted by Gasteiger charge is -2.08. The zero-order valence-electron chi connectivity index (χ0n) is 15.0. The second-order valence-corrected chi connectivity index (χ2v) is 7.23. The number of anilines is 1. The Morgan fingerprint density at radius 1 is 1.14 bits per heavy atom. The van der Waals surface area contributed by atoms with Crippen LogP contribution >= 0.6 is 15.9 Å². The molecule has 0 bridgehead atoms. The minimum absolute atomic E-state index is 0.150. The number of aromatic nitrogens is 4. The molecule has 0 fully saturated rings. The van der Waals surface area contributed by atoms with Crippen molar-refractivity contribution in [2.45, 2.75) is 6.42 Å². The number of nitrogens with one attached hydrogen (secondary N) is 2. The molecule has 0 unspecified atom stereocenters. The first-order valence-corrected chi connectivity index (χ1v) is 9.57. The molecule has 2 heterocycles. The standard InChI is InChI=1S/C20H15BrFN5O2/c21-13-4-6-15(7-5-13)27-18(28)16-11-24-19(25-17(16)26-20(27)29)23-9-8-12-2-1-3-14(22)10-12/h1-7,10-11H,8-9H2,(H2,23,24,25,26,29). The third-order valence-corrected chi connectivity index (χ3v) is 4.85. The summed E-state index contributed by atoms with van der Waals surface area (Å²) in [5.41, 5.74) is 0.339. The van der Waals surface area contributed by atoms with E-state index in [1.54, 1.807) is 30.3 Å². The van der Waals surface area contributed by atoms with Crippen LogP contribution in [0.1, 0.15) is 5.56 Å². The van der Waals surface area contributed by atoms with Crippen molar-refractivity contribution in [2.75, 3.05) is 11.9 Å². The molecule has 0 amide bonds. The summed E-state index contributed by atoms with van der Waals surface area (Å²) >= 11 is 3.32. The summed E-state index contributed by atoms with van der Waals surface area (Å²) in [7, 11) is 0. The lowest BCUT2D eigenvalue weighted by Crippen LogP contribution is -2.34. The van der Waals surface area contributed by atoms with Crippen molar-refractivity contribution >= 4 is 32.9 Å². The highest BCUT2D eigenvalue weighted by Crippen LogP contribution is 2.13. The first-order chi connectivity index (χ1) is 14.0. The zero-order chi connectivity index (χ0) is 20.4. The van der Waals surface area contributed by atoms with Gasteiger partial charge in [0.2, 0.25) is 5.95 Å². The number of H-pyrrole nitrogens is 1. The summed E-state index contributed by atoms with van der Waals surface area (Å²) < 4.78 is 15.1. The zero-order valence-corrected chi connectivity index (χ0v) is 16.6. The number of hydrogen-bond donors (Lipinski definition) is 2. The summed E-state index contributed by atoms with van der Waals surface area (Å²) in [4.78, 5) is 36.2. The molecule has 0 aliphatic rings. The van der Waals surface area contributed by atoms with Gasteiger partial charge >= 0.3 is 5.69 Å². The van der Waals surface area contributed by atoms with Gasteiger partial charge < -0.3 is 5.32 Å². The van der Waals surface area contributed by atoms with E-state index < -0.39 is 11.2 Å². The van der Waals surface area contributed by atoms with Crippen LogP contribution in [0.3, 0.4) is 0 Å². The Kier molecular flexibility index (Phi) is 5.22. The molecule has 4 aromatic rings. The van der Waals surface area contributed by atoms with Crippen molar-refractivity contribution in [3.8, 4) is 5.69 Å². The normalized spacial score (nSPS) is 11.0. The molecule has 4 rings (SSSR count). The van der Waals surface area contributed by atoms with Crippen molar-refractivity contribution < 1.29 is 4.39 Å². The maximum absolute atomic E-state index is 13.2. The third kappa shape index (κ3) is 4.09. The Hall–Kier alpha value is -3.33. The molecule has 0 atom stereocenters. The smallest absolute Gasteiger partial charge is 0.334 e. The fourth-order valence-electron chi connectivity index (χ4n) is 2.92. The average molecular weight is 456 g/mol. The van der Waals surface area contributed by atoms with Gasteiger partial charge in [-0.1, -0.05) is 28.1 Å². The lowest BCUT2D eigenvalue weighted by atomic mass is 10.1. The molecule has 0 spiro atoms. The molecule has 2 aromatic heterocycles. The van der Waals surface area contributed by atoms with Gasteiger partial charge in [-0.15, -0.1) is 0 Å². The van der Waals surface area contributed by atoms with Gasteiger partial charge in [0.15, 0.2) is 5.65 Å². The fourth-order valence-corrected chi connectivity index (χ4v) is 3.19. The Morgan fingerprint density at radius 2 is 1.93 bits per heavy atom. The van der Waals surface area contributed by atoms with E-state index in [1.165, 1.54) is 18.3 Å². The molecular weight excluding hydrogens is 441 g/mol. The van der Waals surface area contributed by atoms with Crippen LogP contribution in [0.4, 0.5) is 10.3 Å². The van der Waals surface area contributed by atoms with Gasteiger partial charge in [-0.3, -0.25) is 9.78 Å². The van der Waals surface area contributed by atoms with Crippen LogP contribution in [0.2, 0.25) is 0 Å². The van der Waals surface area contributed by atoms with Crippen LogP contribution < -0.4 is 16.6 Å². The molecule has 2 aromatic carbocycles. The quantitative estimate of drug-likeness (QED) is 0.482. The van der Waals surface area contributed by atoms with Crippen molar-refractivity contribution in [1.82, 2.24) is 19.5 Å². The van der Waals surface area contributed by atoms with Crippen molar-refractivity contribution in [2.24, 2.45) is 0 Å². The Morgan fingerprint density at radius 3 is 2.69 bits per heavy atom. The van der Waals surface area contributed by atoms with E-state index in [0.717, 1.165) is 14.6 Å². The molecule has 9 heteroatoms. The van der Waals surface area contributed by atoms with Crippen LogP contribution in [0.25, 0.3) is 16.7 Å². The molecule has 0 aliphatic carbocycles. The molecule has 0 aliphatic heterocycles. The van der Waals surface area contributed by atoms with Crippen molar-refractivity contribution in [3.63, 3.8) is 0 Å². The maximum Gasteiger partial charge on any atom is 0.334 e. The van der Waals surface area contributed by atoms with E-state index in [-0.39, 0.29) is 22.8 Å². The second-order valence-electron chi connectivity index (χ2n) is 6.31. The molecule has 29 heavy (non-hydrogen) atoms. The minimum Gasteiger partial charge on any atom is -0.354 e. The van der Waals surface area contributed by atoms with E-state index in [2.05, 4.69) is 36.2 Å². The van der Waals surface area contributed by atoms with Crippen LogP contribution in [-0.2, 0) is 6.42 Å². The van der Waals surface area contributed by atoms with Gasteiger partial charge in [0, 0.05) is 17.2 Å². The van der Waals surface area contributed by atoms with Gasteiger partial charge in [-0.25, -0.2) is 18.7 Å². The van der Waals surface area contributed by atoms with E-state index in [9.17, 15) is 14.0 Å². The molecule has 0 saturated heterocycles. The summed E-state index contributed by atoms with van der Waals surface area (Å²) in [6.45, 7) is 0.467. The monoisotopic (exact) mass is 455 g/mol. The highest BCUT2D eigenvalue weighted by molar-refractivity contribution is 9.10. The molecule has 146 valence electrons. The Balaban J connectivity index is 1.60. The number of hydrogen-bond acceptors (Lipinski definition) is 5. The topological polar surface area (TPSA) is 92.7 Å². The van der Waals surface area contributed by atoms with Crippen LogP contribution in [0.5, 0.6) is 0 Å². The molecule has 2 N–H and O–H groups in total. The number of benzene rings is 2. The molecule has 0 saturated carbocycles. The molecular formula is C20H15BrFN5O2. The van der Waals surface area contributed by atoms with Gasteiger partial charge in [0.05, 0.1) is 5.69 Å². The Bertz CT molecular complexity index is 1300. The number of aromatic amines is 1. The number of nitrogens with zero attached hydrogens (tertiary/aromatic N) is 3. The van der Waals surface area contributed by atoms with Gasteiger partial charge in [-0.2, -0.15) is 4.98 Å². The first-order valence-electron chi connectivity index (χ1n) is 8.77. The fraction of sp³-hybridized carbons (Fsp3) is 0.100. The number of halogens is 2. The third-order valence-electron chi connectivity index (χ3n) is 4.32. The summed E-state index contributed by atoms with van der Waals surface area (Å²) in [6, 6.07) is 13.1. The largest absolute Gasteiger partial charge is 0.354 e. The van der Waals surface area contributed by atoms with Gasteiger partial charge in [0.25, 0.3) is 5.56 Å². The lowest BCUT2D eigenvalue weighted by molar-refractivity contribution is 0.625. The maximum atomic E-state index is 13.2. The van der Waals surface area contributed by atoms with E-state index in [0.29, 0.717) is 18.7 Å². The SMILES string of the molecule is O=c1[nH]c2nc(NCCc3cccc(F)c3)ncc2c(=O)n1-c1ccc(Br)cc1. The first kappa shape index (κ1) is 19.0. The van der Waals surface area contributed by atoms with Crippen molar-refractivity contribution in [1.29, 1.82) is 0 Å². The highest BCUT2D eigenvalue weighted by Gasteiger charge is 2.11. The number of rotatable bonds is 5. The second kappa shape index (κ2) is 7.96. The van der Waals surface area contributed by atoms with Gasteiger partial charge in [-0.05, 0) is 48.4 Å². The van der Waals surface area contributed by atoms with E-state index in [1.807, 2.05) is 6.07 Å². The van der Waals surface area contributed by atoms with Crippen LogP contribution in [0, 0.1) is 5.82 Å². The highest BCUT2D eigenvalue weighted by atomic mass is 79.9. The average Bonchev–Trinajstić information content (AvgIpc) is 2.69. The van der Waals surface area contributed by atoms with E-state index in [4.69, 9.17) is 0 Å². The number of fused-ring (bicyclic) bond motifs is 1. The molecule has 7 nitrogen and oxygen atoms in total.